The van der Waals surface area contributed by atoms with Gasteiger partial charge in [-0.15, -0.1) is 0 Å². The van der Waals surface area contributed by atoms with Crippen LogP contribution in [0.4, 0.5) is 10.2 Å². The van der Waals surface area contributed by atoms with Crippen molar-refractivity contribution in [2.45, 2.75) is 51.3 Å². The molecule has 3 aromatic rings. The van der Waals surface area contributed by atoms with Crippen molar-refractivity contribution >= 4 is 21.4 Å². The van der Waals surface area contributed by atoms with Crippen LogP contribution in [0.5, 0.6) is 5.75 Å². The fourth-order valence-corrected chi connectivity index (χ4v) is 6.82. The number of benzene rings is 1. The molecule has 0 saturated carbocycles. The summed E-state index contributed by atoms with van der Waals surface area (Å²) in [5.41, 5.74) is 9.03. The molecule has 0 radical (unpaired) electrons. The first-order valence-electron chi connectivity index (χ1n) is 11.7. The molecule has 3 unspecified atom stereocenters. The highest BCUT2D eigenvalue weighted by Crippen LogP contribution is 2.38. The van der Waals surface area contributed by atoms with Crippen molar-refractivity contribution in [1.29, 1.82) is 0 Å². The Balaban J connectivity index is 1.41. The zero-order valence-corrected chi connectivity index (χ0v) is 21.1. The van der Waals surface area contributed by atoms with Crippen LogP contribution in [0.15, 0.2) is 48.0 Å². The summed E-state index contributed by atoms with van der Waals surface area (Å²) in [7, 11) is -3.03. The predicted molar refractivity (Wildman–Crippen MR) is 133 cm³/mol. The smallest absolute Gasteiger partial charge is 0.166 e. The predicted octanol–water partition coefficient (Wildman–Crippen LogP) is 2.87. The molecule has 2 aromatic heterocycles. The van der Waals surface area contributed by atoms with Crippen molar-refractivity contribution in [2.75, 3.05) is 17.2 Å². The summed E-state index contributed by atoms with van der Waals surface area (Å²) in [6.07, 6.45) is 4.77. The van der Waals surface area contributed by atoms with E-state index < -0.39 is 21.8 Å². The Bertz CT molecular complexity index is 1410. The molecule has 2 aliphatic heterocycles. The van der Waals surface area contributed by atoms with E-state index in [0.717, 1.165) is 11.3 Å². The summed E-state index contributed by atoms with van der Waals surface area (Å²) < 4.78 is 44.4. The first-order chi connectivity index (χ1) is 17.1. The van der Waals surface area contributed by atoms with Crippen LogP contribution < -0.4 is 10.5 Å². The van der Waals surface area contributed by atoms with Gasteiger partial charge in [-0.1, -0.05) is 0 Å². The average Bonchev–Trinajstić information content (AvgIpc) is 3.55. The van der Waals surface area contributed by atoms with Gasteiger partial charge < -0.3 is 10.5 Å². The summed E-state index contributed by atoms with van der Waals surface area (Å²) in [5.74, 6) is 0.378. The van der Waals surface area contributed by atoms with E-state index in [4.69, 9.17) is 15.6 Å². The maximum Gasteiger partial charge on any atom is 0.166 e. The summed E-state index contributed by atoms with van der Waals surface area (Å²) in [4.78, 5) is 5.76. The number of hydrogen-bond donors (Lipinski definition) is 1. The molecule has 12 heteroatoms. The van der Waals surface area contributed by atoms with E-state index in [1.165, 1.54) is 16.9 Å². The third-order valence-corrected chi connectivity index (χ3v) is 8.58. The first kappa shape index (κ1) is 24.2. The van der Waals surface area contributed by atoms with Crippen LogP contribution in [0.1, 0.15) is 50.3 Å². The molecule has 0 aliphatic carbocycles. The molecule has 0 bridgehead atoms. The van der Waals surface area contributed by atoms with Crippen molar-refractivity contribution in [1.82, 2.24) is 25.0 Å². The van der Waals surface area contributed by atoms with Crippen molar-refractivity contribution < 1.29 is 17.5 Å². The fourth-order valence-electron chi connectivity index (χ4n) is 5.12. The van der Waals surface area contributed by atoms with Gasteiger partial charge in [0.25, 0.3) is 0 Å². The van der Waals surface area contributed by atoms with E-state index in [2.05, 4.69) is 15.2 Å². The standard InChI is InChI=1S/C24H28FN7O3S/c1-14-23(15(2)31(30-14)19-6-9-36(33,34)13-19)17-10-22(24(26)27-12-17)35-16(3)20-11-18(25)4-5-21(20)32-28-7-8-29-32/h4-5,7-8,10-12,15-16,19,23H,6,9,13H2,1-3H3,(H2,26,27)/t15?,16-,19?,23?/m1/s1. The van der Waals surface area contributed by atoms with Gasteiger partial charge in [-0.2, -0.15) is 20.1 Å². The number of hydrazone groups is 1. The molecule has 5 rings (SSSR count). The number of nitrogen functional groups attached to an aromatic ring is 1. The highest BCUT2D eigenvalue weighted by Gasteiger charge is 2.41. The van der Waals surface area contributed by atoms with Gasteiger partial charge in [-0.25, -0.2) is 17.8 Å². The van der Waals surface area contributed by atoms with Crippen LogP contribution in [0.3, 0.4) is 0 Å². The molecule has 0 amide bonds. The molecular weight excluding hydrogens is 485 g/mol. The van der Waals surface area contributed by atoms with Gasteiger partial charge in [0, 0.05) is 23.4 Å². The second-order valence-corrected chi connectivity index (χ2v) is 11.6. The van der Waals surface area contributed by atoms with E-state index >= 15 is 0 Å². The summed E-state index contributed by atoms with van der Waals surface area (Å²) in [6, 6.07) is 5.97. The molecular formula is C24H28FN7O3S. The number of nitrogens with two attached hydrogens (primary N) is 1. The van der Waals surface area contributed by atoms with E-state index in [1.54, 1.807) is 31.6 Å². The summed E-state index contributed by atoms with van der Waals surface area (Å²) >= 11 is 0. The molecule has 2 aliphatic rings. The lowest BCUT2D eigenvalue weighted by molar-refractivity contribution is 0.177. The summed E-state index contributed by atoms with van der Waals surface area (Å²) in [6.45, 7) is 5.76. The van der Waals surface area contributed by atoms with Gasteiger partial charge >= 0.3 is 0 Å². The monoisotopic (exact) mass is 513 g/mol. The Morgan fingerprint density at radius 3 is 2.67 bits per heavy atom. The minimum atomic E-state index is -3.03. The Morgan fingerprint density at radius 2 is 1.97 bits per heavy atom. The van der Waals surface area contributed by atoms with Gasteiger partial charge in [-0.05, 0) is 57.0 Å². The van der Waals surface area contributed by atoms with E-state index in [-0.39, 0.29) is 35.3 Å². The molecule has 1 fully saturated rings. The van der Waals surface area contributed by atoms with Crippen LogP contribution in [0.25, 0.3) is 5.69 Å². The lowest BCUT2D eigenvalue weighted by Crippen LogP contribution is -2.38. The highest BCUT2D eigenvalue weighted by molar-refractivity contribution is 7.91. The number of sulfone groups is 1. The van der Waals surface area contributed by atoms with Crippen LogP contribution >= 0.6 is 0 Å². The number of hydrogen-bond acceptors (Lipinski definition) is 9. The second kappa shape index (κ2) is 9.16. The molecule has 0 spiro atoms. The third kappa shape index (κ3) is 4.52. The molecule has 1 saturated heterocycles. The van der Waals surface area contributed by atoms with Crippen molar-refractivity contribution in [3.8, 4) is 11.4 Å². The van der Waals surface area contributed by atoms with E-state index in [0.29, 0.717) is 23.4 Å². The number of halogens is 1. The fraction of sp³-hybridized carbons (Fsp3) is 0.417. The third-order valence-electron chi connectivity index (χ3n) is 6.83. The zero-order chi connectivity index (χ0) is 25.6. The lowest BCUT2D eigenvalue weighted by Gasteiger charge is -2.29. The van der Waals surface area contributed by atoms with Crippen LogP contribution in [-0.4, -0.2) is 62.7 Å². The SMILES string of the molecule is CC1=NN(C2CCS(=O)(=O)C2)C(C)C1c1cnc(N)c(O[C@H](C)c2cc(F)ccc2-n2nccn2)c1. The van der Waals surface area contributed by atoms with Crippen LogP contribution in [0.2, 0.25) is 0 Å². The zero-order valence-electron chi connectivity index (χ0n) is 20.2. The number of nitrogens with zero attached hydrogens (tertiary/aromatic N) is 6. The van der Waals surface area contributed by atoms with Gasteiger partial charge in [0.15, 0.2) is 21.4 Å². The molecule has 1 aromatic carbocycles. The van der Waals surface area contributed by atoms with E-state index in [9.17, 15) is 12.8 Å². The Kier molecular flexibility index (Phi) is 6.15. The number of ether oxygens (including phenoxy) is 1. The first-order valence-corrected chi connectivity index (χ1v) is 13.6. The quantitative estimate of drug-likeness (QED) is 0.533. The lowest BCUT2D eigenvalue weighted by atomic mass is 9.90. The normalized spacial score (nSPS) is 24.1. The number of anilines is 1. The highest BCUT2D eigenvalue weighted by atomic mass is 32.2. The minimum absolute atomic E-state index is 0.0558. The molecule has 4 heterocycles. The van der Waals surface area contributed by atoms with Gasteiger partial charge in [-0.3, -0.25) is 5.01 Å². The largest absolute Gasteiger partial charge is 0.482 e. The number of pyridine rings is 1. The molecule has 36 heavy (non-hydrogen) atoms. The Hall–Kier alpha value is -3.54. The minimum Gasteiger partial charge on any atom is -0.482 e. The maximum absolute atomic E-state index is 14.1. The van der Waals surface area contributed by atoms with Gasteiger partial charge in [0.2, 0.25) is 0 Å². The van der Waals surface area contributed by atoms with Crippen LogP contribution in [0, 0.1) is 5.82 Å². The molecule has 190 valence electrons. The van der Waals surface area contributed by atoms with Crippen LogP contribution in [-0.2, 0) is 9.84 Å². The number of aromatic nitrogens is 4. The Labute approximate surface area is 208 Å². The van der Waals surface area contributed by atoms with E-state index in [1.807, 2.05) is 24.9 Å². The number of rotatable bonds is 6. The molecule has 2 N–H and O–H groups in total. The van der Waals surface area contributed by atoms with Crippen molar-refractivity contribution in [3.05, 3.63) is 59.8 Å². The average molecular weight is 514 g/mol. The maximum atomic E-state index is 14.1. The Morgan fingerprint density at radius 1 is 1.22 bits per heavy atom. The molecule has 4 atom stereocenters. The van der Waals surface area contributed by atoms with Gasteiger partial charge in [0.05, 0.1) is 41.7 Å². The van der Waals surface area contributed by atoms with Crippen molar-refractivity contribution in [3.63, 3.8) is 0 Å². The topological polar surface area (TPSA) is 129 Å². The van der Waals surface area contributed by atoms with Crippen molar-refractivity contribution in [2.24, 2.45) is 5.10 Å². The second-order valence-electron chi connectivity index (χ2n) is 9.33. The van der Waals surface area contributed by atoms with Gasteiger partial charge in [0.1, 0.15) is 11.9 Å². The summed E-state index contributed by atoms with van der Waals surface area (Å²) in [5, 5.41) is 14.9. The molecule has 10 nitrogen and oxygen atoms in total.